The number of aromatic nitrogens is 2. The molecule has 132 valence electrons. The van der Waals surface area contributed by atoms with E-state index in [0.29, 0.717) is 16.3 Å². The van der Waals surface area contributed by atoms with Crippen LogP contribution in [-0.4, -0.2) is 27.4 Å². The Morgan fingerprint density at radius 3 is 2.52 bits per heavy atom. The fourth-order valence-corrected chi connectivity index (χ4v) is 2.68. The van der Waals surface area contributed by atoms with Gasteiger partial charge in [-0.25, -0.2) is 4.98 Å². The standard InChI is InChI=1S/C17H14ClF3N2O2/c18-12-5-1-4-8-15(12)25-10-11(24)9-23-14-7-3-2-6-13(14)22-16(23)17(19,20)21/h1-8,11,24H,9-10H2/t11-/m0/s1. The van der Waals surface area contributed by atoms with Crippen molar-refractivity contribution in [3.8, 4) is 5.75 Å². The van der Waals surface area contributed by atoms with Crippen LogP contribution in [0.5, 0.6) is 5.75 Å². The SMILES string of the molecule is O[C@H](COc1ccccc1Cl)Cn1c(C(F)(F)F)nc2ccccc21. The van der Waals surface area contributed by atoms with Crippen molar-refractivity contribution in [1.29, 1.82) is 0 Å². The molecular formula is C17H14ClF3N2O2. The summed E-state index contributed by atoms with van der Waals surface area (Å²) in [7, 11) is 0. The zero-order valence-electron chi connectivity index (χ0n) is 12.9. The normalized spacial score (nSPS) is 13.2. The molecule has 0 aliphatic rings. The lowest BCUT2D eigenvalue weighted by molar-refractivity contribution is -0.147. The molecule has 0 fully saturated rings. The number of hydrogen-bond donors (Lipinski definition) is 1. The maximum absolute atomic E-state index is 13.2. The minimum Gasteiger partial charge on any atom is -0.489 e. The average molecular weight is 371 g/mol. The molecule has 8 heteroatoms. The third-order valence-electron chi connectivity index (χ3n) is 3.57. The number of halogens is 4. The Kier molecular flexibility index (Phi) is 4.87. The summed E-state index contributed by atoms with van der Waals surface area (Å²) >= 11 is 5.94. The predicted octanol–water partition coefficient (Wildman–Crippen LogP) is 4.15. The van der Waals surface area contributed by atoms with Crippen molar-refractivity contribution < 1.29 is 23.0 Å². The number of hydrogen-bond acceptors (Lipinski definition) is 3. The van der Waals surface area contributed by atoms with Gasteiger partial charge in [0.05, 0.1) is 22.6 Å². The fourth-order valence-electron chi connectivity index (χ4n) is 2.49. The minimum absolute atomic E-state index is 0.201. The van der Waals surface area contributed by atoms with Crippen molar-refractivity contribution in [3.63, 3.8) is 0 Å². The molecule has 1 heterocycles. The fraction of sp³-hybridized carbons (Fsp3) is 0.235. The molecule has 3 rings (SSSR count). The lowest BCUT2D eigenvalue weighted by atomic mass is 10.3. The van der Waals surface area contributed by atoms with Crippen LogP contribution >= 0.6 is 11.6 Å². The first kappa shape index (κ1) is 17.6. The second-order valence-corrected chi connectivity index (χ2v) is 5.83. The lowest BCUT2D eigenvalue weighted by Crippen LogP contribution is -2.26. The number of imidazole rings is 1. The third-order valence-corrected chi connectivity index (χ3v) is 3.88. The summed E-state index contributed by atoms with van der Waals surface area (Å²) in [4.78, 5) is 3.63. The topological polar surface area (TPSA) is 47.3 Å². The third kappa shape index (κ3) is 3.88. The summed E-state index contributed by atoms with van der Waals surface area (Å²) in [5.74, 6) is -0.694. The van der Waals surface area contributed by atoms with Gasteiger partial charge in [-0.3, -0.25) is 0 Å². The molecule has 25 heavy (non-hydrogen) atoms. The maximum Gasteiger partial charge on any atom is 0.449 e. The van der Waals surface area contributed by atoms with Crippen LogP contribution in [-0.2, 0) is 12.7 Å². The van der Waals surface area contributed by atoms with Crippen LogP contribution in [0.15, 0.2) is 48.5 Å². The molecular weight excluding hydrogens is 357 g/mol. The molecule has 2 aromatic carbocycles. The van der Waals surface area contributed by atoms with Crippen LogP contribution in [0.3, 0.4) is 0 Å². The molecule has 1 N–H and O–H groups in total. The van der Waals surface area contributed by atoms with E-state index in [2.05, 4.69) is 4.98 Å². The highest BCUT2D eigenvalue weighted by atomic mass is 35.5. The van der Waals surface area contributed by atoms with Gasteiger partial charge in [0.15, 0.2) is 0 Å². The van der Waals surface area contributed by atoms with Crippen molar-refractivity contribution in [3.05, 3.63) is 59.4 Å². The van der Waals surface area contributed by atoms with Gasteiger partial charge in [-0.05, 0) is 24.3 Å². The Labute approximate surface area is 146 Å². The highest BCUT2D eigenvalue weighted by Crippen LogP contribution is 2.31. The first-order valence-electron chi connectivity index (χ1n) is 7.44. The number of fused-ring (bicyclic) bond motifs is 1. The zero-order valence-corrected chi connectivity index (χ0v) is 13.6. The summed E-state index contributed by atoms with van der Waals surface area (Å²) in [5.41, 5.74) is 0.515. The molecule has 0 saturated carbocycles. The Morgan fingerprint density at radius 2 is 1.80 bits per heavy atom. The van der Waals surface area contributed by atoms with Crippen molar-refractivity contribution in [2.24, 2.45) is 0 Å². The molecule has 0 bridgehead atoms. The minimum atomic E-state index is -4.62. The highest BCUT2D eigenvalue weighted by molar-refractivity contribution is 6.32. The van der Waals surface area contributed by atoms with E-state index in [4.69, 9.17) is 16.3 Å². The summed E-state index contributed by atoms with van der Waals surface area (Å²) in [5, 5.41) is 10.5. The molecule has 0 saturated heterocycles. The second kappa shape index (κ2) is 6.93. The summed E-state index contributed by atoms with van der Waals surface area (Å²) in [6.45, 7) is -0.507. The molecule has 0 aliphatic carbocycles. The van der Waals surface area contributed by atoms with Gasteiger partial charge in [0.25, 0.3) is 0 Å². The van der Waals surface area contributed by atoms with Crippen LogP contribution in [0.4, 0.5) is 13.2 Å². The van der Waals surface area contributed by atoms with Crippen LogP contribution < -0.4 is 4.74 Å². The van der Waals surface area contributed by atoms with Crippen LogP contribution in [0, 0.1) is 0 Å². The predicted molar refractivity (Wildman–Crippen MR) is 87.7 cm³/mol. The average Bonchev–Trinajstić information content (AvgIpc) is 2.93. The molecule has 0 radical (unpaired) electrons. The number of aliphatic hydroxyl groups is 1. The van der Waals surface area contributed by atoms with Crippen molar-refractivity contribution in [2.45, 2.75) is 18.8 Å². The van der Waals surface area contributed by atoms with Crippen LogP contribution in [0.25, 0.3) is 11.0 Å². The molecule has 4 nitrogen and oxygen atoms in total. The van der Waals surface area contributed by atoms with Gasteiger partial charge in [0, 0.05) is 0 Å². The van der Waals surface area contributed by atoms with E-state index in [-0.39, 0.29) is 18.7 Å². The van der Waals surface area contributed by atoms with Gasteiger partial charge in [-0.15, -0.1) is 0 Å². The summed E-state index contributed by atoms with van der Waals surface area (Å²) in [6, 6.07) is 12.9. The molecule has 0 spiro atoms. The smallest absolute Gasteiger partial charge is 0.449 e. The van der Waals surface area contributed by atoms with E-state index >= 15 is 0 Å². The van der Waals surface area contributed by atoms with Crippen molar-refractivity contribution in [1.82, 2.24) is 9.55 Å². The van der Waals surface area contributed by atoms with E-state index in [0.717, 1.165) is 4.57 Å². The largest absolute Gasteiger partial charge is 0.489 e. The van der Waals surface area contributed by atoms with E-state index < -0.39 is 18.1 Å². The number of benzene rings is 2. The van der Waals surface area contributed by atoms with E-state index in [1.807, 2.05) is 0 Å². The number of rotatable bonds is 5. The number of aliphatic hydroxyl groups excluding tert-OH is 1. The molecule has 1 aromatic heterocycles. The van der Waals surface area contributed by atoms with Crippen LogP contribution in [0.1, 0.15) is 5.82 Å². The van der Waals surface area contributed by atoms with Gasteiger partial charge in [0.2, 0.25) is 5.82 Å². The number of ether oxygens (including phenoxy) is 1. The maximum atomic E-state index is 13.2. The monoisotopic (exact) mass is 370 g/mol. The Morgan fingerprint density at radius 1 is 1.12 bits per heavy atom. The summed E-state index contributed by atoms with van der Waals surface area (Å²) in [6.07, 6.45) is -5.79. The first-order valence-corrected chi connectivity index (χ1v) is 7.82. The zero-order chi connectivity index (χ0) is 18.0. The number of alkyl halides is 3. The molecule has 0 aliphatic heterocycles. The Bertz CT molecular complexity index is 880. The van der Waals surface area contributed by atoms with E-state index in [1.165, 1.54) is 12.1 Å². The first-order chi connectivity index (χ1) is 11.9. The highest BCUT2D eigenvalue weighted by Gasteiger charge is 2.37. The Hall–Kier alpha value is -2.25. The quantitative estimate of drug-likeness (QED) is 0.734. The second-order valence-electron chi connectivity index (χ2n) is 5.43. The van der Waals surface area contributed by atoms with Gasteiger partial charge in [0.1, 0.15) is 18.5 Å². The van der Waals surface area contributed by atoms with Gasteiger partial charge >= 0.3 is 6.18 Å². The number of para-hydroxylation sites is 3. The summed E-state index contributed by atoms with van der Waals surface area (Å²) < 4.78 is 46.0. The van der Waals surface area contributed by atoms with Gasteiger partial charge < -0.3 is 14.4 Å². The number of nitrogens with zero attached hydrogens (tertiary/aromatic N) is 2. The molecule has 0 amide bonds. The Balaban J connectivity index is 1.81. The van der Waals surface area contributed by atoms with E-state index in [9.17, 15) is 18.3 Å². The van der Waals surface area contributed by atoms with Crippen LogP contribution in [0.2, 0.25) is 5.02 Å². The van der Waals surface area contributed by atoms with Crippen molar-refractivity contribution in [2.75, 3.05) is 6.61 Å². The molecule has 1 atom stereocenters. The molecule has 3 aromatic rings. The van der Waals surface area contributed by atoms with Crippen molar-refractivity contribution >= 4 is 22.6 Å². The van der Waals surface area contributed by atoms with Gasteiger partial charge in [-0.1, -0.05) is 35.9 Å². The molecule has 0 unspecified atom stereocenters. The lowest BCUT2D eigenvalue weighted by Gasteiger charge is -2.17. The van der Waals surface area contributed by atoms with Gasteiger partial charge in [-0.2, -0.15) is 13.2 Å². The van der Waals surface area contributed by atoms with E-state index in [1.54, 1.807) is 36.4 Å².